The normalized spacial score (nSPS) is 16.2. The molecule has 0 spiro atoms. The van der Waals surface area contributed by atoms with Gasteiger partial charge in [0, 0.05) is 5.88 Å². The molecule has 0 nitrogen and oxygen atoms in total. The van der Waals surface area contributed by atoms with E-state index in [-0.39, 0.29) is 0 Å². The zero-order valence-corrected chi connectivity index (χ0v) is 11.5. The van der Waals surface area contributed by atoms with E-state index in [2.05, 4.69) is 46.5 Å². The summed E-state index contributed by atoms with van der Waals surface area (Å²) in [4.78, 5) is 0.523. The van der Waals surface area contributed by atoms with E-state index in [1.54, 1.807) is 0 Å². The van der Waals surface area contributed by atoms with E-state index in [1.807, 2.05) is 0 Å². The van der Waals surface area contributed by atoms with Gasteiger partial charge in [-0.2, -0.15) is 12.6 Å². The van der Waals surface area contributed by atoms with Gasteiger partial charge >= 0.3 is 0 Å². The van der Waals surface area contributed by atoms with Crippen LogP contribution in [-0.4, -0.2) is 18.8 Å². The molecule has 3 heteroatoms. The maximum atomic E-state index is 5.73. The lowest BCUT2D eigenvalue weighted by molar-refractivity contribution is 0.706. The van der Waals surface area contributed by atoms with Crippen molar-refractivity contribution in [2.45, 2.75) is 50.2 Å². The zero-order valence-electron chi connectivity index (χ0n) is 8.82. The van der Waals surface area contributed by atoms with Gasteiger partial charge in [-0.1, -0.05) is 33.9 Å². The van der Waals surface area contributed by atoms with Crippen molar-refractivity contribution in [2.24, 2.45) is 0 Å². The van der Waals surface area contributed by atoms with Gasteiger partial charge in [0.15, 0.2) is 0 Å². The van der Waals surface area contributed by atoms with Crippen LogP contribution in [0.3, 0.4) is 0 Å². The molecule has 0 aromatic carbocycles. The lowest BCUT2D eigenvalue weighted by Gasteiger charge is -2.41. The summed E-state index contributed by atoms with van der Waals surface area (Å²) < 4.78 is 0. The highest BCUT2D eigenvalue weighted by atomic mass is 35.5. The van der Waals surface area contributed by atoms with E-state index >= 15 is 0 Å². The molecule has 0 bridgehead atoms. The molecule has 1 atom stereocenters. The van der Waals surface area contributed by atoms with Crippen molar-refractivity contribution in [1.29, 1.82) is 0 Å². The number of hydrogen-bond donors (Lipinski definition) is 1. The van der Waals surface area contributed by atoms with E-state index < -0.39 is 8.07 Å². The van der Waals surface area contributed by atoms with Crippen LogP contribution in [0.25, 0.3) is 0 Å². The molecular weight excluding hydrogens is 204 g/mol. The molecule has 0 N–H and O–H groups in total. The van der Waals surface area contributed by atoms with Crippen molar-refractivity contribution in [3.05, 3.63) is 0 Å². The number of rotatable bonds is 3. The second-order valence-electron chi connectivity index (χ2n) is 4.97. The third-order valence-corrected chi connectivity index (χ3v) is 11.4. The van der Waals surface area contributed by atoms with Crippen molar-refractivity contribution < 1.29 is 0 Å². The fourth-order valence-corrected chi connectivity index (χ4v) is 4.67. The highest BCUT2D eigenvalue weighted by molar-refractivity contribution is 7.83. The van der Waals surface area contributed by atoms with Gasteiger partial charge in [0.05, 0.1) is 8.07 Å². The van der Waals surface area contributed by atoms with Crippen LogP contribution in [0.5, 0.6) is 0 Å². The molecule has 74 valence electrons. The average molecular weight is 225 g/mol. The highest BCUT2D eigenvalue weighted by Crippen LogP contribution is 2.40. The number of alkyl halides is 1. The standard InChI is InChI=1S/C9H21ClSSi/c1-9(2,3)12(4,5)8(11)6-7-10/h8,11H,6-7H2,1-5H3. The molecule has 0 aliphatic rings. The Morgan fingerprint density at radius 1 is 1.33 bits per heavy atom. The average Bonchev–Trinajstić information content (AvgIpc) is 1.85. The van der Waals surface area contributed by atoms with Crippen molar-refractivity contribution in [2.75, 3.05) is 5.88 Å². The van der Waals surface area contributed by atoms with Gasteiger partial charge in [-0.25, -0.2) is 0 Å². The molecule has 0 aromatic rings. The number of halogens is 1. The largest absolute Gasteiger partial charge is 0.179 e. The minimum absolute atomic E-state index is 0.422. The molecule has 0 heterocycles. The fraction of sp³-hybridized carbons (Fsp3) is 1.00. The Hall–Kier alpha value is 0.857. The van der Waals surface area contributed by atoms with Crippen molar-refractivity contribution in [3.8, 4) is 0 Å². The van der Waals surface area contributed by atoms with Crippen LogP contribution in [0.1, 0.15) is 27.2 Å². The van der Waals surface area contributed by atoms with Gasteiger partial charge in [-0.15, -0.1) is 11.6 Å². The first kappa shape index (κ1) is 12.9. The maximum Gasteiger partial charge on any atom is 0.0667 e. The smallest absolute Gasteiger partial charge is 0.0667 e. The molecule has 1 unspecified atom stereocenters. The number of hydrogen-bond acceptors (Lipinski definition) is 1. The summed E-state index contributed by atoms with van der Waals surface area (Å²) in [6, 6.07) is 0. The molecule has 0 saturated heterocycles. The summed E-state index contributed by atoms with van der Waals surface area (Å²) in [5, 5.41) is 0.422. The summed E-state index contributed by atoms with van der Waals surface area (Å²) >= 11 is 10.4. The summed E-state index contributed by atoms with van der Waals surface area (Å²) in [6.07, 6.45) is 1.04. The predicted octanol–water partition coefficient (Wildman–Crippen LogP) is 3.96. The number of thiol groups is 1. The van der Waals surface area contributed by atoms with Crippen LogP contribution in [0.15, 0.2) is 0 Å². The first-order valence-electron chi connectivity index (χ1n) is 4.47. The predicted molar refractivity (Wildman–Crippen MR) is 65.3 cm³/mol. The topological polar surface area (TPSA) is 0 Å². The molecule has 0 rings (SSSR count). The third kappa shape index (κ3) is 2.97. The van der Waals surface area contributed by atoms with E-state index in [4.69, 9.17) is 11.6 Å². The first-order chi connectivity index (χ1) is 5.23. The Labute approximate surface area is 88.5 Å². The van der Waals surface area contributed by atoms with E-state index in [0.29, 0.717) is 9.91 Å². The van der Waals surface area contributed by atoms with Gasteiger partial charge in [0.2, 0.25) is 0 Å². The lowest BCUT2D eigenvalue weighted by atomic mass is 10.2. The molecule has 0 aliphatic heterocycles. The molecular formula is C9H21ClSSi. The molecule has 0 amide bonds. The lowest BCUT2D eigenvalue weighted by Crippen LogP contribution is -2.46. The minimum Gasteiger partial charge on any atom is -0.179 e. The van der Waals surface area contributed by atoms with E-state index in [1.165, 1.54) is 0 Å². The quantitative estimate of drug-likeness (QED) is 0.419. The van der Waals surface area contributed by atoms with Gasteiger partial charge in [-0.3, -0.25) is 0 Å². The Balaban J connectivity index is 4.38. The Bertz CT molecular complexity index is 140. The molecule has 0 fully saturated rings. The second-order valence-corrected chi connectivity index (χ2v) is 12.1. The monoisotopic (exact) mass is 224 g/mol. The van der Waals surface area contributed by atoms with Crippen LogP contribution in [0.4, 0.5) is 0 Å². The summed E-state index contributed by atoms with van der Waals surface area (Å²) in [5.41, 5.74) is 0. The molecule has 0 saturated carbocycles. The van der Waals surface area contributed by atoms with Crippen molar-refractivity contribution >= 4 is 32.3 Å². The Morgan fingerprint density at radius 2 is 1.75 bits per heavy atom. The Morgan fingerprint density at radius 3 is 2.00 bits per heavy atom. The molecule has 0 radical (unpaired) electrons. The SMILES string of the molecule is CC(C)(C)[Si](C)(C)C(S)CCCl. The summed E-state index contributed by atoms with van der Waals surface area (Å²) in [7, 11) is -1.25. The van der Waals surface area contributed by atoms with Crippen LogP contribution < -0.4 is 0 Å². The minimum atomic E-state index is -1.25. The van der Waals surface area contributed by atoms with Gasteiger partial charge in [0.1, 0.15) is 0 Å². The summed E-state index contributed by atoms with van der Waals surface area (Å²) in [5.74, 6) is 0.737. The van der Waals surface area contributed by atoms with Crippen molar-refractivity contribution in [1.82, 2.24) is 0 Å². The van der Waals surface area contributed by atoms with Gasteiger partial charge in [-0.05, 0) is 16.3 Å². The van der Waals surface area contributed by atoms with Crippen LogP contribution in [-0.2, 0) is 0 Å². The van der Waals surface area contributed by atoms with Crippen LogP contribution in [0.2, 0.25) is 18.1 Å². The van der Waals surface area contributed by atoms with E-state index in [9.17, 15) is 0 Å². The van der Waals surface area contributed by atoms with Gasteiger partial charge < -0.3 is 0 Å². The fourth-order valence-electron chi connectivity index (χ4n) is 0.964. The van der Waals surface area contributed by atoms with Gasteiger partial charge in [0.25, 0.3) is 0 Å². The highest BCUT2D eigenvalue weighted by Gasteiger charge is 2.39. The van der Waals surface area contributed by atoms with Crippen molar-refractivity contribution in [3.63, 3.8) is 0 Å². The van der Waals surface area contributed by atoms with Crippen LogP contribution in [0, 0.1) is 0 Å². The molecule has 0 aromatic heterocycles. The second kappa shape index (κ2) is 4.38. The molecule has 0 aliphatic carbocycles. The maximum absolute atomic E-state index is 5.73. The van der Waals surface area contributed by atoms with Crippen LogP contribution >= 0.6 is 24.2 Å². The zero-order chi connectivity index (χ0) is 9.99. The van der Waals surface area contributed by atoms with E-state index in [0.717, 1.165) is 12.3 Å². The molecule has 12 heavy (non-hydrogen) atoms. The Kier molecular flexibility index (Phi) is 4.70. The summed E-state index contributed by atoms with van der Waals surface area (Å²) in [6.45, 7) is 11.7. The third-order valence-electron chi connectivity index (χ3n) is 3.15. The first-order valence-corrected chi connectivity index (χ1v) is 8.60.